The van der Waals surface area contributed by atoms with Crippen LogP contribution in [0.2, 0.25) is 0 Å². The molecule has 5 heteroatoms. The van der Waals surface area contributed by atoms with Crippen molar-refractivity contribution >= 4 is 78.0 Å². The molecule has 1 aliphatic carbocycles. The van der Waals surface area contributed by atoms with Crippen LogP contribution < -0.4 is 30.9 Å². The molecule has 3 heterocycles. The molecule has 0 saturated heterocycles. The molecule has 1 aromatic heterocycles. The Kier molecular flexibility index (Phi) is 6.66. The first kappa shape index (κ1) is 30.6. The van der Waals surface area contributed by atoms with Crippen molar-refractivity contribution in [3.63, 3.8) is 0 Å². The molecule has 0 amide bonds. The van der Waals surface area contributed by atoms with Gasteiger partial charge in [-0.2, -0.15) is 0 Å². The van der Waals surface area contributed by atoms with E-state index >= 15 is 0 Å². The molecule has 0 saturated carbocycles. The normalized spacial score (nSPS) is 16.1. The lowest BCUT2D eigenvalue weighted by atomic mass is 9.34. The van der Waals surface area contributed by atoms with Gasteiger partial charge in [0.25, 0.3) is 6.71 Å². The first-order valence-electron chi connectivity index (χ1n) is 18.1. The second-order valence-electron chi connectivity index (χ2n) is 15.6. The van der Waals surface area contributed by atoms with Gasteiger partial charge in [0.05, 0.1) is 5.00 Å². The fourth-order valence-corrected chi connectivity index (χ4v) is 10.1. The first-order valence-corrected chi connectivity index (χ1v) is 18.9. The topological polar surface area (TPSA) is 15.7 Å². The van der Waals surface area contributed by atoms with Crippen LogP contribution in [0.1, 0.15) is 51.7 Å². The van der Waals surface area contributed by atoms with Crippen molar-refractivity contribution < 1.29 is 4.74 Å². The van der Waals surface area contributed by atoms with Crippen molar-refractivity contribution in [2.75, 3.05) is 9.80 Å². The third-order valence-corrected chi connectivity index (χ3v) is 12.7. The van der Waals surface area contributed by atoms with Gasteiger partial charge in [-0.25, -0.2) is 0 Å². The van der Waals surface area contributed by atoms with Crippen LogP contribution in [0.15, 0.2) is 140 Å². The van der Waals surface area contributed by atoms with Gasteiger partial charge in [-0.3, -0.25) is 0 Å². The lowest BCUT2D eigenvalue weighted by Gasteiger charge is -2.44. The zero-order valence-electron chi connectivity index (χ0n) is 29.5. The fourth-order valence-electron chi connectivity index (χ4n) is 8.83. The summed E-state index contributed by atoms with van der Waals surface area (Å²) in [5.74, 6) is 1.96. The predicted octanol–water partition coefficient (Wildman–Crippen LogP) is 11.1. The molecule has 0 radical (unpaired) electrons. The number of ether oxygens (including phenoxy) is 1. The summed E-state index contributed by atoms with van der Waals surface area (Å²) in [6.45, 7) is 9.70. The molecule has 51 heavy (non-hydrogen) atoms. The Morgan fingerprint density at radius 1 is 0.608 bits per heavy atom. The Morgan fingerprint density at radius 3 is 1.90 bits per heavy atom. The van der Waals surface area contributed by atoms with Gasteiger partial charge in [0.1, 0.15) is 11.5 Å². The molecule has 0 N–H and O–H groups in total. The molecule has 0 atom stereocenters. The van der Waals surface area contributed by atoms with E-state index < -0.39 is 0 Å². The quantitative estimate of drug-likeness (QED) is 0.172. The molecule has 0 spiro atoms. The minimum absolute atomic E-state index is 0.0556. The van der Waals surface area contributed by atoms with Gasteiger partial charge in [0, 0.05) is 33.1 Å². The number of hydrogen-bond donors (Lipinski definition) is 0. The molecule has 3 aliphatic rings. The van der Waals surface area contributed by atoms with Crippen LogP contribution in [-0.2, 0) is 10.8 Å². The molecule has 2 aliphatic heterocycles. The van der Waals surface area contributed by atoms with E-state index in [1.54, 1.807) is 0 Å². The van der Waals surface area contributed by atoms with E-state index in [4.69, 9.17) is 4.74 Å². The van der Waals surface area contributed by atoms with Gasteiger partial charge in [-0.1, -0.05) is 100 Å². The summed E-state index contributed by atoms with van der Waals surface area (Å²) in [6, 6.07) is 50.8. The van der Waals surface area contributed by atoms with E-state index in [0.717, 1.165) is 34.2 Å². The maximum atomic E-state index is 6.96. The summed E-state index contributed by atoms with van der Waals surface area (Å²) < 4.78 is 8.23. The number of benzene rings is 6. The third-order valence-electron chi connectivity index (χ3n) is 11.6. The lowest BCUT2D eigenvalue weighted by molar-refractivity contribution is 0.330. The van der Waals surface area contributed by atoms with E-state index in [9.17, 15) is 0 Å². The number of fused-ring (bicyclic) bond motifs is 7. The van der Waals surface area contributed by atoms with Gasteiger partial charge in [0.15, 0.2) is 0 Å². The fraction of sp³-hybridized carbons (Fsp3) is 0.174. The van der Waals surface area contributed by atoms with Crippen LogP contribution >= 0.6 is 11.3 Å². The monoisotopic (exact) mass is 678 g/mol. The van der Waals surface area contributed by atoms with Gasteiger partial charge in [-0.05, 0) is 123 Å². The number of anilines is 6. The van der Waals surface area contributed by atoms with E-state index in [-0.39, 0.29) is 17.5 Å². The van der Waals surface area contributed by atoms with Crippen LogP contribution in [0.4, 0.5) is 33.4 Å². The Hall–Kier alpha value is -5.26. The minimum Gasteiger partial charge on any atom is -0.458 e. The van der Waals surface area contributed by atoms with Crippen LogP contribution in [0.3, 0.4) is 0 Å². The zero-order chi connectivity index (χ0) is 34.5. The van der Waals surface area contributed by atoms with Gasteiger partial charge >= 0.3 is 0 Å². The highest BCUT2D eigenvalue weighted by Gasteiger charge is 2.46. The predicted molar refractivity (Wildman–Crippen MR) is 218 cm³/mol. The second-order valence-corrected chi connectivity index (χ2v) is 16.6. The highest BCUT2D eigenvalue weighted by atomic mass is 32.1. The Balaban J connectivity index is 1.24. The third kappa shape index (κ3) is 4.64. The number of thiophene rings is 1. The Morgan fingerprint density at radius 2 is 1.24 bits per heavy atom. The standard InChI is InChI=1S/C46H39BN2OS/c1-45(2)25-26-46(3,4)36-29-40-37(28-35(36)45)47-42-34-24-23-33(48(30-15-8-5-9-16-30)31-17-10-6-11-18-31)27-41(34)51-44(42)49(32-19-12-7-13-20-32)38-21-14-22-39(50-40)43(38)47/h5-24,27-29H,25-26H2,1-4H3. The zero-order valence-corrected chi connectivity index (χ0v) is 30.3. The average Bonchev–Trinajstić information content (AvgIpc) is 3.53. The van der Waals surface area contributed by atoms with Crippen LogP contribution in [-0.4, -0.2) is 6.71 Å². The smallest absolute Gasteiger partial charge is 0.258 e. The van der Waals surface area contributed by atoms with Gasteiger partial charge in [-0.15, -0.1) is 11.3 Å². The van der Waals surface area contributed by atoms with E-state index in [0.29, 0.717) is 0 Å². The molecule has 0 bridgehead atoms. The number of nitrogens with zero attached hydrogens (tertiary/aromatic N) is 2. The minimum atomic E-state index is 0.0556. The van der Waals surface area contributed by atoms with Crippen molar-refractivity contribution in [2.24, 2.45) is 0 Å². The van der Waals surface area contributed by atoms with Crippen molar-refractivity contribution in [1.82, 2.24) is 0 Å². The molecule has 3 nitrogen and oxygen atoms in total. The Labute approximate surface area is 304 Å². The van der Waals surface area contributed by atoms with Crippen molar-refractivity contribution in [2.45, 2.75) is 51.4 Å². The molecular formula is C46H39BN2OS. The molecule has 7 aromatic rings. The Bertz CT molecular complexity index is 2430. The lowest BCUT2D eigenvalue weighted by Crippen LogP contribution is -2.59. The number of para-hydroxylation sites is 3. The summed E-state index contributed by atoms with van der Waals surface area (Å²) >= 11 is 1.90. The van der Waals surface area contributed by atoms with Crippen LogP contribution in [0, 0.1) is 0 Å². The molecule has 10 rings (SSSR count). The van der Waals surface area contributed by atoms with Gasteiger partial charge in [0.2, 0.25) is 0 Å². The molecule has 248 valence electrons. The van der Waals surface area contributed by atoms with Crippen molar-refractivity contribution in [3.8, 4) is 11.5 Å². The molecule has 0 fully saturated rings. The van der Waals surface area contributed by atoms with Crippen molar-refractivity contribution in [3.05, 3.63) is 151 Å². The second kappa shape index (κ2) is 11.1. The average molecular weight is 679 g/mol. The highest BCUT2D eigenvalue weighted by Crippen LogP contribution is 2.50. The van der Waals surface area contributed by atoms with Gasteiger partial charge < -0.3 is 14.5 Å². The largest absolute Gasteiger partial charge is 0.458 e. The number of rotatable bonds is 4. The summed E-state index contributed by atoms with van der Waals surface area (Å²) in [6.07, 6.45) is 2.35. The SMILES string of the molecule is CC1(C)CCC(C)(C)c2cc3c(cc21)Oc1cccc2c1B3c1c(sc3cc(N(c4ccccc4)c4ccccc4)ccc13)N2c1ccccc1. The molecule has 0 unspecified atom stereocenters. The maximum Gasteiger partial charge on any atom is 0.258 e. The summed E-state index contributed by atoms with van der Waals surface area (Å²) in [7, 11) is 0. The molecular weight excluding hydrogens is 639 g/mol. The molecule has 6 aromatic carbocycles. The number of hydrogen-bond acceptors (Lipinski definition) is 4. The maximum absolute atomic E-state index is 6.96. The van der Waals surface area contributed by atoms with E-state index in [1.807, 2.05) is 11.3 Å². The summed E-state index contributed by atoms with van der Waals surface area (Å²) in [4.78, 5) is 4.83. The van der Waals surface area contributed by atoms with Crippen LogP contribution in [0.25, 0.3) is 10.1 Å². The summed E-state index contributed by atoms with van der Waals surface area (Å²) in [5.41, 5.74) is 12.8. The first-order chi connectivity index (χ1) is 24.8. The van der Waals surface area contributed by atoms with Crippen molar-refractivity contribution in [1.29, 1.82) is 0 Å². The van der Waals surface area contributed by atoms with Crippen LogP contribution in [0.5, 0.6) is 11.5 Å². The summed E-state index contributed by atoms with van der Waals surface area (Å²) in [5, 5.41) is 2.58. The highest BCUT2D eigenvalue weighted by molar-refractivity contribution is 7.26. The van der Waals surface area contributed by atoms with E-state index in [2.05, 4.69) is 177 Å². The van der Waals surface area contributed by atoms with E-state index in [1.165, 1.54) is 61.1 Å².